The van der Waals surface area contributed by atoms with E-state index in [1.807, 2.05) is 18.9 Å². The van der Waals surface area contributed by atoms with Gasteiger partial charge in [-0.25, -0.2) is 9.78 Å². The first-order chi connectivity index (χ1) is 10.8. The molecular weight excluding hydrogens is 311 g/mol. The summed E-state index contributed by atoms with van der Waals surface area (Å²) in [5.74, 6) is -1.17. The molecule has 23 heavy (non-hydrogen) atoms. The fraction of sp³-hybridized carbons (Fsp3) is 0.357. The number of benzene rings is 1. The number of hydrogen-bond donors (Lipinski definition) is 3. The number of amides is 2. The van der Waals surface area contributed by atoms with Crippen molar-refractivity contribution >= 4 is 6.03 Å². The van der Waals surface area contributed by atoms with E-state index < -0.39 is 12.0 Å². The third-order valence-corrected chi connectivity index (χ3v) is 2.84. The summed E-state index contributed by atoms with van der Waals surface area (Å²) in [6, 6.07) is 6.32. The van der Waals surface area contributed by atoms with Crippen molar-refractivity contribution in [3.8, 4) is 11.4 Å². The molecule has 0 saturated heterocycles. The van der Waals surface area contributed by atoms with E-state index in [0.29, 0.717) is 12.1 Å². The monoisotopic (exact) mass is 327 g/mol. The van der Waals surface area contributed by atoms with Crippen LogP contribution in [0.4, 0.5) is 18.0 Å². The summed E-state index contributed by atoms with van der Waals surface area (Å²) in [7, 11) is 0. The molecule has 0 atom stereocenters. The van der Waals surface area contributed by atoms with Crippen molar-refractivity contribution in [2.24, 2.45) is 0 Å². The highest BCUT2D eigenvalue weighted by atomic mass is 19.4. The number of urea groups is 1. The fourth-order valence-corrected chi connectivity index (χ4v) is 1.78. The Morgan fingerprint density at radius 1 is 1.26 bits per heavy atom. The van der Waals surface area contributed by atoms with Crippen LogP contribution in [0.1, 0.15) is 25.2 Å². The number of aromatic nitrogens is 3. The second-order valence-corrected chi connectivity index (χ2v) is 5.18. The lowest BCUT2D eigenvalue weighted by Crippen LogP contribution is -2.39. The summed E-state index contributed by atoms with van der Waals surface area (Å²) in [4.78, 5) is 14.9. The number of H-pyrrole nitrogens is 1. The molecule has 124 valence electrons. The van der Waals surface area contributed by atoms with Gasteiger partial charge in [0.15, 0.2) is 5.82 Å². The molecule has 6 nitrogen and oxygen atoms in total. The molecule has 1 heterocycles. The molecule has 3 N–H and O–H groups in total. The summed E-state index contributed by atoms with van der Waals surface area (Å²) in [6.07, 6.45) is -4.56. The van der Waals surface area contributed by atoms with Crippen molar-refractivity contribution in [3.63, 3.8) is 0 Å². The summed E-state index contributed by atoms with van der Waals surface area (Å²) in [5.41, 5.74) is 1.26. The molecule has 2 aromatic rings. The molecule has 9 heteroatoms. The highest BCUT2D eigenvalue weighted by molar-refractivity contribution is 5.74. The number of alkyl halides is 3. The highest BCUT2D eigenvalue weighted by Gasteiger charge is 2.35. The number of halogens is 3. The third kappa shape index (κ3) is 4.70. The fourth-order valence-electron chi connectivity index (χ4n) is 1.78. The van der Waals surface area contributed by atoms with Crippen LogP contribution < -0.4 is 10.6 Å². The predicted molar refractivity (Wildman–Crippen MR) is 77.3 cm³/mol. The lowest BCUT2D eigenvalue weighted by Gasteiger charge is -2.10. The lowest BCUT2D eigenvalue weighted by molar-refractivity contribution is -0.144. The van der Waals surface area contributed by atoms with Crippen molar-refractivity contribution in [2.75, 3.05) is 0 Å². The van der Waals surface area contributed by atoms with Crippen LogP contribution in [0.5, 0.6) is 0 Å². The molecule has 0 aliphatic heterocycles. The van der Waals surface area contributed by atoms with E-state index in [4.69, 9.17) is 0 Å². The second kappa shape index (κ2) is 6.67. The van der Waals surface area contributed by atoms with Gasteiger partial charge in [-0.15, -0.1) is 0 Å². The smallest absolute Gasteiger partial charge is 0.336 e. The van der Waals surface area contributed by atoms with Crippen molar-refractivity contribution in [1.29, 1.82) is 0 Å². The predicted octanol–water partition coefficient (Wildman–Crippen LogP) is 2.70. The number of rotatable bonds is 4. The van der Waals surface area contributed by atoms with Crippen molar-refractivity contribution in [2.45, 2.75) is 32.6 Å². The zero-order valence-corrected chi connectivity index (χ0v) is 12.5. The maximum absolute atomic E-state index is 12.5. The Bertz CT molecular complexity index is 664. The number of carbonyl (C=O) groups excluding carboxylic acids is 1. The van der Waals surface area contributed by atoms with Crippen LogP contribution in [0.3, 0.4) is 0 Å². The van der Waals surface area contributed by atoms with Crippen LogP contribution in [-0.2, 0) is 12.7 Å². The highest BCUT2D eigenvalue weighted by Crippen LogP contribution is 2.27. The molecule has 2 rings (SSSR count). The topological polar surface area (TPSA) is 82.7 Å². The Morgan fingerprint density at radius 2 is 1.91 bits per heavy atom. The first kappa shape index (κ1) is 16.8. The van der Waals surface area contributed by atoms with Crippen LogP contribution in [0.25, 0.3) is 11.4 Å². The lowest BCUT2D eigenvalue weighted by atomic mass is 10.1. The molecule has 2 amide bonds. The molecule has 0 aliphatic carbocycles. The van der Waals surface area contributed by atoms with Crippen molar-refractivity contribution in [1.82, 2.24) is 25.8 Å². The number of nitrogens with one attached hydrogen (secondary N) is 3. The van der Waals surface area contributed by atoms with Gasteiger partial charge in [0.2, 0.25) is 5.82 Å². The quantitative estimate of drug-likeness (QED) is 0.807. The van der Waals surface area contributed by atoms with Crippen LogP contribution in [0.2, 0.25) is 0 Å². The molecule has 0 radical (unpaired) electrons. The van der Waals surface area contributed by atoms with Crippen LogP contribution in [0.15, 0.2) is 24.3 Å². The number of aromatic amines is 1. The molecule has 0 saturated carbocycles. The Morgan fingerprint density at radius 3 is 2.43 bits per heavy atom. The Hall–Kier alpha value is -2.58. The maximum atomic E-state index is 12.5. The minimum atomic E-state index is -4.56. The number of nitrogens with zero attached hydrogens (tertiary/aromatic N) is 2. The Labute approximate surface area is 130 Å². The van der Waals surface area contributed by atoms with Gasteiger partial charge in [-0.2, -0.15) is 18.3 Å². The van der Waals surface area contributed by atoms with E-state index in [-0.39, 0.29) is 17.9 Å². The van der Waals surface area contributed by atoms with E-state index in [9.17, 15) is 18.0 Å². The molecule has 0 spiro atoms. The molecule has 0 aliphatic rings. The van der Waals surface area contributed by atoms with E-state index >= 15 is 0 Å². The Kier molecular flexibility index (Phi) is 4.87. The molecule has 0 unspecified atom stereocenters. The average Bonchev–Trinajstić information content (AvgIpc) is 2.95. The van der Waals surface area contributed by atoms with Crippen molar-refractivity contribution < 1.29 is 18.0 Å². The number of hydrogen-bond acceptors (Lipinski definition) is 3. The van der Waals surface area contributed by atoms with Gasteiger partial charge in [-0.05, 0) is 19.4 Å². The minimum Gasteiger partial charge on any atom is -0.336 e. The first-order valence-electron chi connectivity index (χ1n) is 6.89. The molecular formula is C14H16F3N5O. The van der Waals surface area contributed by atoms with E-state index in [2.05, 4.69) is 20.7 Å². The molecule has 0 fully saturated rings. The van der Waals surface area contributed by atoms with Gasteiger partial charge in [0.05, 0.1) is 0 Å². The summed E-state index contributed by atoms with van der Waals surface area (Å²) in [6.45, 7) is 4.00. The van der Waals surface area contributed by atoms with E-state index in [1.54, 1.807) is 24.3 Å². The van der Waals surface area contributed by atoms with Crippen molar-refractivity contribution in [3.05, 3.63) is 35.7 Å². The summed E-state index contributed by atoms with van der Waals surface area (Å²) >= 11 is 0. The average molecular weight is 327 g/mol. The second-order valence-electron chi connectivity index (χ2n) is 5.18. The zero-order chi connectivity index (χ0) is 17.0. The molecule has 1 aromatic carbocycles. The van der Waals surface area contributed by atoms with Gasteiger partial charge in [-0.3, -0.25) is 5.10 Å². The van der Waals surface area contributed by atoms with Gasteiger partial charge >= 0.3 is 12.2 Å². The number of carbonyl (C=O) groups is 1. The SMILES string of the molecule is CC(C)NC(=O)NCc1ccc(-c2n[nH]c(C(F)(F)F)n2)cc1. The van der Waals surface area contributed by atoms with Gasteiger partial charge in [-0.1, -0.05) is 24.3 Å². The normalized spacial score (nSPS) is 11.6. The van der Waals surface area contributed by atoms with E-state index in [1.165, 1.54) is 0 Å². The van der Waals surface area contributed by atoms with Crippen LogP contribution in [0, 0.1) is 0 Å². The first-order valence-corrected chi connectivity index (χ1v) is 6.89. The van der Waals surface area contributed by atoms with Crippen LogP contribution in [-0.4, -0.2) is 27.3 Å². The van der Waals surface area contributed by atoms with Crippen LogP contribution >= 0.6 is 0 Å². The molecule has 0 bridgehead atoms. The zero-order valence-electron chi connectivity index (χ0n) is 12.5. The van der Waals surface area contributed by atoms with Gasteiger partial charge in [0, 0.05) is 18.2 Å². The minimum absolute atomic E-state index is 0.0330. The Balaban J connectivity index is 1.99. The standard InChI is InChI=1S/C14H16F3N5O/c1-8(2)19-13(23)18-7-9-3-5-10(6-4-9)11-20-12(22-21-11)14(15,16)17/h3-6,8H,7H2,1-2H3,(H2,18,19,23)(H,20,21,22). The van der Waals surface area contributed by atoms with Gasteiger partial charge < -0.3 is 10.6 Å². The third-order valence-electron chi connectivity index (χ3n) is 2.84. The van der Waals surface area contributed by atoms with Gasteiger partial charge in [0.25, 0.3) is 0 Å². The molecule has 1 aromatic heterocycles. The summed E-state index contributed by atoms with van der Waals surface area (Å²) < 4.78 is 37.4. The largest absolute Gasteiger partial charge is 0.451 e. The van der Waals surface area contributed by atoms with E-state index in [0.717, 1.165) is 5.56 Å². The summed E-state index contributed by atoms with van der Waals surface area (Å²) in [5, 5.41) is 10.8. The van der Waals surface area contributed by atoms with Gasteiger partial charge in [0.1, 0.15) is 0 Å². The maximum Gasteiger partial charge on any atom is 0.451 e.